The number of nitrogens with zero attached hydrogens (tertiary/aromatic N) is 2. The van der Waals surface area contributed by atoms with E-state index >= 15 is 0 Å². The van der Waals surface area contributed by atoms with Gasteiger partial charge in [-0.1, -0.05) is 51.1 Å². The van der Waals surface area contributed by atoms with Crippen LogP contribution in [0.5, 0.6) is 0 Å². The first-order valence-electron chi connectivity index (χ1n) is 10.3. The first kappa shape index (κ1) is 22.1. The van der Waals surface area contributed by atoms with Crippen LogP contribution in [-0.2, 0) is 6.54 Å². The molecule has 0 aliphatic heterocycles. The average Bonchev–Trinajstić information content (AvgIpc) is 3.10. The maximum atomic E-state index is 14.5. The molecule has 4 nitrogen and oxygen atoms in total. The van der Waals surface area contributed by atoms with E-state index in [1.807, 2.05) is 41.1 Å². The van der Waals surface area contributed by atoms with Gasteiger partial charge in [0, 0.05) is 18.3 Å². The summed E-state index contributed by atoms with van der Waals surface area (Å²) in [4.78, 5) is 4.79. The van der Waals surface area contributed by atoms with Crippen molar-refractivity contribution in [1.82, 2.24) is 14.9 Å². The number of hydrogen-bond acceptors (Lipinski definition) is 3. The number of rotatable bonds is 8. The van der Waals surface area contributed by atoms with E-state index in [0.717, 1.165) is 36.5 Å². The summed E-state index contributed by atoms with van der Waals surface area (Å²) in [5.74, 6) is -0.184. The third kappa shape index (κ3) is 5.32. The third-order valence-electron chi connectivity index (χ3n) is 5.06. The van der Waals surface area contributed by atoms with Crippen LogP contribution in [0.1, 0.15) is 44.6 Å². The smallest absolute Gasteiger partial charge is 0.132 e. The Morgan fingerprint density at radius 2 is 1.83 bits per heavy atom. The number of imidazole rings is 1. The molecule has 2 aromatic carbocycles. The molecule has 0 unspecified atom stereocenters. The minimum absolute atomic E-state index is 0.0851. The van der Waals surface area contributed by atoms with E-state index in [2.05, 4.69) is 26.1 Å². The van der Waals surface area contributed by atoms with Crippen LogP contribution >= 0.6 is 0 Å². The Kier molecular flexibility index (Phi) is 7.00. The van der Waals surface area contributed by atoms with Gasteiger partial charge in [-0.05, 0) is 48.7 Å². The van der Waals surface area contributed by atoms with Crippen LogP contribution < -0.4 is 11.1 Å². The summed E-state index contributed by atoms with van der Waals surface area (Å²) in [5, 5.41) is 3.56. The van der Waals surface area contributed by atoms with Crippen LogP contribution in [0.2, 0.25) is 0 Å². The van der Waals surface area contributed by atoms with Gasteiger partial charge in [0.1, 0.15) is 17.5 Å². The molecule has 30 heavy (non-hydrogen) atoms. The molecule has 3 N–H and O–H groups in total. The molecule has 0 spiro atoms. The SMILES string of the molecule is CC(C)(C)[C@@H](NCCCN)c1nc(-c2cc(F)ccc2F)cn1Cc1ccccc1. The predicted molar refractivity (Wildman–Crippen MR) is 117 cm³/mol. The van der Waals surface area contributed by atoms with Crippen LogP contribution in [-0.4, -0.2) is 22.6 Å². The Morgan fingerprint density at radius 3 is 2.50 bits per heavy atom. The topological polar surface area (TPSA) is 55.9 Å². The van der Waals surface area contributed by atoms with Gasteiger partial charge in [-0.25, -0.2) is 13.8 Å². The van der Waals surface area contributed by atoms with E-state index in [1.165, 1.54) is 6.07 Å². The second-order valence-corrected chi connectivity index (χ2v) is 8.62. The Morgan fingerprint density at radius 1 is 1.10 bits per heavy atom. The molecule has 0 aliphatic carbocycles. The van der Waals surface area contributed by atoms with E-state index in [0.29, 0.717) is 18.8 Å². The van der Waals surface area contributed by atoms with E-state index in [9.17, 15) is 8.78 Å². The molecular formula is C24H30F2N4. The highest BCUT2D eigenvalue weighted by Gasteiger charge is 2.30. The fourth-order valence-electron chi connectivity index (χ4n) is 3.52. The molecule has 0 amide bonds. The molecule has 0 radical (unpaired) electrons. The van der Waals surface area contributed by atoms with Crippen molar-refractivity contribution in [3.63, 3.8) is 0 Å². The highest BCUT2D eigenvalue weighted by atomic mass is 19.1. The quantitative estimate of drug-likeness (QED) is 0.517. The Hall–Kier alpha value is -2.57. The summed E-state index contributed by atoms with van der Waals surface area (Å²) < 4.78 is 30.3. The van der Waals surface area contributed by atoms with Gasteiger partial charge in [0.15, 0.2) is 0 Å². The average molecular weight is 413 g/mol. The zero-order valence-corrected chi connectivity index (χ0v) is 17.8. The first-order chi connectivity index (χ1) is 14.3. The molecular weight excluding hydrogens is 382 g/mol. The molecule has 1 heterocycles. The summed E-state index contributed by atoms with van der Waals surface area (Å²) >= 11 is 0. The van der Waals surface area contributed by atoms with Crippen molar-refractivity contribution in [2.45, 2.75) is 39.8 Å². The number of halogens is 2. The zero-order valence-electron chi connectivity index (χ0n) is 17.8. The highest BCUT2D eigenvalue weighted by Crippen LogP contribution is 2.34. The molecule has 0 aliphatic rings. The summed E-state index contributed by atoms with van der Waals surface area (Å²) in [6.07, 6.45) is 2.65. The molecule has 0 fully saturated rings. The van der Waals surface area contributed by atoms with Crippen LogP contribution in [0.15, 0.2) is 54.7 Å². The first-order valence-corrected chi connectivity index (χ1v) is 10.3. The molecule has 0 saturated heterocycles. The van der Waals surface area contributed by atoms with Gasteiger partial charge < -0.3 is 15.6 Å². The van der Waals surface area contributed by atoms with Crippen molar-refractivity contribution in [3.05, 3.63) is 77.8 Å². The van der Waals surface area contributed by atoms with Crippen molar-refractivity contribution in [1.29, 1.82) is 0 Å². The summed E-state index contributed by atoms with van der Waals surface area (Å²) in [6, 6.07) is 13.4. The van der Waals surface area contributed by atoms with Crippen LogP contribution in [0, 0.1) is 17.0 Å². The monoisotopic (exact) mass is 412 g/mol. The van der Waals surface area contributed by atoms with Crippen molar-refractivity contribution in [2.75, 3.05) is 13.1 Å². The fourth-order valence-corrected chi connectivity index (χ4v) is 3.52. The van der Waals surface area contributed by atoms with Crippen molar-refractivity contribution in [3.8, 4) is 11.3 Å². The van der Waals surface area contributed by atoms with Gasteiger partial charge in [-0.15, -0.1) is 0 Å². The van der Waals surface area contributed by atoms with Crippen molar-refractivity contribution < 1.29 is 8.78 Å². The third-order valence-corrected chi connectivity index (χ3v) is 5.06. The van der Waals surface area contributed by atoms with Gasteiger partial charge in [-0.2, -0.15) is 0 Å². The lowest BCUT2D eigenvalue weighted by Gasteiger charge is -2.31. The normalized spacial score (nSPS) is 12.9. The molecule has 3 aromatic rings. The van der Waals surface area contributed by atoms with E-state index in [-0.39, 0.29) is 17.0 Å². The van der Waals surface area contributed by atoms with E-state index < -0.39 is 11.6 Å². The van der Waals surface area contributed by atoms with Gasteiger partial charge >= 0.3 is 0 Å². The highest BCUT2D eigenvalue weighted by molar-refractivity contribution is 5.59. The fraction of sp³-hybridized carbons (Fsp3) is 0.375. The molecule has 1 atom stereocenters. The molecule has 0 bridgehead atoms. The lowest BCUT2D eigenvalue weighted by atomic mass is 9.86. The minimum Gasteiger partial charge on any atom is -0.330 e. The van der Waals surface area contributed by atoms with E-state index in [1.54, 1.807) is 0 Å². The number of nitrogens with one attached hydrogen (secondary N) is 1. The van der Waals surface area contributed by atoms with Gasteiger partial charge in [0.25, 0.3) is 0 Å². The van der Waals surface area contributed by atoms with Gasteiger partial charge in [-0.3, -0.25) is 0 Å². The second-order valence-electron chi connectivity index (χ2n) is 8.62. The van der Waals surface area contributed by atoms with Crippen LogP contribution in [0.4, 0.5) is 8.78 Å². The summed E-state index contributed by atoms with van der Waals surface area (Å²) in [7, 11) is 0. The molecule has 0 saturated carbocycles. The Bertz CT molecular complexity index is 961. The molecule has 6 heteroatoms. The van der Waals surface area contributed by atoms with E-state index in [4.69, 9.17) is 10.7 Å². The second kappa shape index (κ2) is 9.49. The van der Waals surface area contributed by atoms with Crippen LogP contribution in [0.3, 0.4) is 0 Å². The van der Waals surface area contributed by atoms with Crippen molar-refractivity contribution >= 4 is 0 Å². The Balaban J connectivity index is 2.08. The van der Waals surface area contributed by atoms with Gasteiger partial charge in [0.05, 0.1) is 11.7 Å². The summed E-state index contributed by atoms with van der Waals surface area (Å²) in [5.41, 5.74) is 7.22. The van der Waals surface area contributed by atoms with Gasteiger partial charge in [0.2, 0.25) is 0 Å². The standard InChI is InChI=1S/C24H30F2N4/c1-24(2,3)22(28-13-7-12-27)23-29-21(19-14-18(25)10-11-20(19)26)16-30(23)15-17-8-5-4-6-9-17/h4-6,8-11,14,16,22,28H,7,12-13,15,27H2,1-3H3/t22-/m0/s1. The van der Waals surface area contributed by atoms with Crippen LogP contribution in [0.25, 0.3) is 11.3 Å². The maximum absolute atomic E-state index is 14.5. The number of benzene rings is 2. The summed E-state index contributed by atoms with van der Waals surface area (Å²) in [6.45, 7) is 8.35. The molecule has 1 aromatic heterocycles. The lowest BCUT2D eigenvalue weighted by Crippen LogP contribution is -2.35. The number of nitrogens with two attached hydrogens (primary N) is 1. The molecule has 3 rings (SSSR count). The Labute approximate surface area is 177 Å². The van der Waals surface area contributed by atoms with Crippen molar-refractivity contribution in [2.24, 2.45) is 11.1 Å². The number of aromatic nitrogens is 2. The molecule has 160 valence electrons. The maximum Gasteiger partial charge on any atom is 0.132 e. The minimum atomic E-state index is -0.490. The predicted octanol–water partition coefficient (Wildman–Crippen LogP) is 4.90. The lowest BCUT2D eigenvalue weighted by molar-refractivity contribution is 0.256. The number of hydrogen-bond donors (Lipinski definition) is 2. The largest absolute Gasteiger partial charge is 0.330 e. The zero-order chi connectivity index (χ0) is 21.7.